The number of nitrogens with zero attached hydrogens (tertiary/aromatic N) is 1. The van der Waals surface area contributed by atoms with Crippen LogP contribution in [0.2, 0.25) is 0 Å². The van der Waals surface area contributed by atoms with Gasteiger partial charge in [0.25, 0.3) is 0 Å². The van der Waals surface area contributed by atoms with Gasteiger partial charge in [-0.2, -0.15) is 5.26 Å². The summed E-state index contributed by atoms with van der Waals surface area (Å²) >= 11 is 6.61. The van der Waals surface area contributed by atoms with E-state index in [4.69, 9.17) is 10.4 Å². The van der Waals surface area contributed by atoms with Gasteiger partial charge in [-0.25, -0.2) is 0 Å². The van der Waals surface area contributed by atoms with Crippen LogP contribution in [0.5, 0.6) is 0 Å². The van der Waals surface area contributed by atoms with E-state index in [1.807, 2.05) is 6.07 Å². The molecular weight excluding hydrogens is 326 g/mol. The zero-order chi connectivity index (χ0) is 11.4. The van der Waals surface area contributed by atoms with Crippen molar-refractivity contribution in [3.05, 3.63) is 33.3 Å². The molecule has 0 saturated carbocycles. The Morgan fingerprint density at radius 3 is 2.60 bits per heavy atom. The van der Waals surface area contributed by atoms with Gasteiger partial charge >= 0.3 is 5.97 Å². The Hall–Kier alpha value is -0.860. The second kappa shape index (κ2) is 5.29. The lowest BCUT2D eigenvalue weighted by Gasteiger charge is -2.06. The maximum absolute atomic E-state index is 10.6. The second-order valence-corrected chi connectivity index (χ2v) is 4.33. The van der Waals surface area contributed by atoms with E-state index < -0.39 is 5.97 Å². The number of benzene rings is 1. The standard InChI is InChI=1S/C10H7Br2NO2/c11-4-7-1-6(3-10(14)15)8(5-13)2-9(7)12/h1-2H,3-4H2,(H,14,15). The Balaban J connectivity index is 3.24. The molecule has 78 valence electrons. The van der Waals surface area contributed by atoms with Crippen molar-refractivity contribution in [2.75, 3.05) is 0 Å². The predicted octanol–water partition coefficient (Wildman–Crippen LogP) is 2.84. The fraction of sp³-hybridized carbons (Fsp3) is 0.200. The highest BCUT2D eigenvalue weighted by Crippen LogP contribution is 2.24. The highest BCUT2D eigenvalue weighted by Gasteiger charge is 2.10. The number of alkyl halides is 1. The minimum absolute atomic E-state index is 0.129. The first kappa shape index (κ1) is 12.2. The largest absolute Gasteiger partial charge is 0.481 e. The van der Waals surface area contributed by atoms with Crippen LogP contribution in [0.1, 0.15) is 16.7 Å². The van der Waals surface area contributed by atoms with Gasteiger partial charge in [-0.1, -0.05) is 37.9 Å². The van der Waals surface area contributed by atoms with Gasteiger partial charge in [0.15, 0.2) is 0 Å². The number of nitriles is 1. The van der Waals surface area contributed by atoms with Crippen molar-refractivity contribution in [3.8, 4) is 6.07 Å². The van der Waals surface area contributed by atoms with Gasteiger partial charge in [0.1, 0.15) is 0 Å². The number of carboxylic acid groups (broad SMARTS) is 1. The summed E-state index contributed by atoms with van der Waals surface area (Å²) in [7, 11) is 0. The summed E-state index contributed by atoms with van der Waals surface area (Å²) in [5, 5.41) is 18.1. The molecule has 1 rings (SSSR count). The Bertz CT molecular complexity index is 438. The van der Waals surface area contributed by atoms with Gasteiger partial charge in [0.2, 0.25) is 0 Å². The van der Waals surface area contributed by atoms with Crippen LogP contribution >= 0.6 is 31.9 Å². The normalized spacial score (nSPS) is 9.67. The highest BCUT2D eigenvalue weighted by molar-refractivity contribution is 9.10. The van der Waals surface area contributed by atoms with Crippen molar-refractivity contribution < 1.29 is 9.90 Å². The number of rotatable bonds is 3. The number of carboxylic acids is 1. The maximum atomic E-state index is 10.6. The van der Waals surface area contributed by atoms with Gasteiger partial charge in [0, 0.05) is 9.80 Å². The van der Waals surface area contributed by atoms with Gasteiger partial charge in [0.05, 0.1) is 18.1 Å². The Morgan fingerprint density at radius 1 is 1.47 bits per heavy atom. The summed E-state index contributed by atoms with van der Waals surface area (Å²) in [5.41, 5.74) is 1.88. The summed E-state index contributed by atoms with van der Waals surface area (Å²) in [4.78, 5) is 10.6. The molecule has 0 fully saturated rings. The van der Waals surface area contributed by atoms with Crippen LogP contribution in [0.3, 0.4) is 0 Å². The minimum Gasteiger partial charge on any atom is -0.481 e. The van der Waals surface area contributed by atoms with Crippen LogP contribution in [0.25, 0.3) is 0 Å². The summed E-state index contributed by atoms with van der Waals surface area (Å²) in [6, 6.07) is 5.36. The number of carbonyl (C=O) groups is 1. The van der Waals surface area contributed by atoms with Crippen LogP contribution in [-0.2, 0) is 16.5 Å². The van der Waals surface area contributed by atoms with E-state index in [0.29, 0.717) is 16.5 Å². The fourth-order valence-electron chi connectivity index (χ4n) is 1.18. The smallest absolute Gasteiger partial charge is 0.307 e. The monoisotopic (exact) mass is 331 g/mol. The first-order valence-electron chi connectivity index (χ1n) is 4.07. The molecule has 1 aromatic carbocycles. The molecule has 0 radical (unpaired) electrons. The van der Waals surface area contributed by atoms with Crippen LogP contribution in [0.4, 0.5) is 0 Å². The van der Waals surface area contributed by atoms with Crippen molar-refractivity contribution >= 4 is 37.8 Å². The zero-order valence-corrected chi connectivity index (χ0v) is 10.8. The van der Waals surface area contributed by atoms with E-state index >= 15 is 0 Å². The first-order chi connectivity index (χ1) is 7.08. The molecule has 1 aromatic rings. The molecule has 5 heteroatoms. The van der Waals surface area contributed by atoms with E-state index in [9.17, 15) is 4.79 Å². The molecule has 1 N–H and O–H groups in total. The van der Waals surface area contributed by atoms with E-state index in [2.05, 4.69) is 31.9 Å². The van der Waals surface area contributed by atoms with Gasteiger partial charge in [-0.05, 0) is 17.2 Å². The van der Waals surface area contributed by atoms with E-state index in [1.54, 1.807) is 12.1 Å². The SMILES string of the molecule is N#Cc1cc(Br)c(CBr)cc1CC(=O)O. The molecule has 0 amide bonds. The third kappa shape index (κ3) is 3.05. The molecule has 0 unspecified atom stereocenters. The summed E-state index contributed by atoms with van der Waals surface area (Å²) < 4.78 is 0.810. The lowest BCUT2D eigenvalue weighted by atomic mass is 10.0. The average molecular weight is 333 g/mol. The number of aliphatic carboxylic acids is 1. The van der Waals surface area contributed by atoms with Crippen LogP contribution in [0.15, 0.2) is 16.6 Å². The molecule has 0 saturated heterocycles. The van der Waals surface area contributed by atoms with Crippen LogP contribution < -0.4 is 0 Å². The minimum atomic E-state index is -0.936. The number of hydrogen-bond donors (Lipinski definition) is 1. The number of hydrogen-bond acceptors (Lipinski definition) is 2. The topological polar surface area (TPSA) is 61.1 Å². The lowest BCUT2D eigenvalue weighted by Crippen LogP contribution is -2.03. The summed E-state index contributed by atoms with van der Waals surface area (Å²) in [6.07, 6.45) is -0.129. The van der Waals surface area contributed by atoms with Crippen molar-refractivity contribution in [1.82, 2.24) is 0 Å². The van der Waals surface area contributed by atoms with E-state index in [-0.39, 0.29) is 6.42 Å². The third-order valence-electron chi connectivity index (χ3n) is 1.88. The second-order valence-electron chi connectivity index (χ2n) is 2.92. The quantitative estimate of drug-likeness (QED) is 0.866. The molecule has 0 heterocycles. The molecule has 0 atom stereocenters. The summed E-state index contributed by atoms with van der Waals surface area (Å²) in [6.45, 7) is 0. The Labute approximate surface area is 104 Å². The maximum Gasteiger partial charge on any atom is 0.307 e. The summed E-state index contributed by atoms with van der Waals surface area (Å²) in [5.74, 6) is -0.936. The Kier molecular flexibility index (Phi) is 4.30. The van der Waals surface area contributed by atoms with E-state index in [1.165, 1.54) is 0 Å². The molecule has 15 heavy (non-hydrogen) atoms. The van der Waals surface area contributed by atoms with Crippen molar-refractivity contribution in [3.63, 3.8) is 0 Å². The van der Waals surface area contributed by atoms with Crippen molar-refractivity contribution in [1.29, 1.82) is 5.26 Å². The van der Waals surface area contributed by atoms with Crippen LogP contribution in [0, 0.1) is 11.3 Å². The Morgan fingerprint density at radius 2 is 2.13 bits per heavy atom. The fourth-order valence-corrected chi connectivity index (χ4v) is 2.51. The molecule has 0 bridgehead atoms. The molecular formula is C10H7Br2NO2. The zero-order valence-electron chi connectivity index (χ0n) is 7.63. The highest BCUT2D eigenvalue weighted by atomic mass is 79.9. The van der Waals surface area contributed by atoms with E-state index in [0.717, 1.165) is 10.0 Å². The average Bonchev–Trinajstić information content (AvgIpc) is 2.19. The van der Waals surface area contributed by atoms with Gasteiger partial charge < -0.3 is 5.11 Å². The number of halogens is 2. The van der Waals surface area contributed by atoms with Gasteiger partial charge in [-0.15, -0.1) is 0 Å². The third-order valence-corrected chi connectivity index (χ3v) is 3.22. The van der Waals surface area contributed by atoms with Crippen molar-refractivity contribution in [2.45, 2.75) is 11.8 Å². The molecule has 3 nitrogen and oxygen atoms in total. The molecule has 0 aliphatic rings. The molecule has 0 aliphatic heterocycles. The predicted molar refractivity (Wildman–Crippen MR) is 62.8 cm³/mol. The van der Waals surface area contributed by atoms with Gasteiger partial charge in [-0.3, -0.25) is 4.79 Å². The lowest BCUT2D eigenvalue weighted by molar-refractivity contribution is -0.136. The first-order valence-corrected chi connectivity index (χ1v) is 5.99. The molecule has 0 spiro atoms. The van der Waals surface area contributed by atoms with Crippen LogP contribution in [-0.4, -0.2) is 11.1 Å². The van der Waals surface area contributed by atoms with Crippen molar-refractivity contribution in [2.24, 2.45) is 0 Å². The molecule has 0 aliphatic carbocycles. The molecule has 0 aromatic heterocycles.